The van der Waals surface area contributed by atoms with Crippen molar-refractivity contribution in [1.82, 2.24) is 0 Å². The molecule has 0 heterocycles. The fourth-order valence-corrected chi connectivity index (χ4v) is 4.06. The van der Waals surface area contributed by atoms with Crippen LogP contribution in [0, 0.1) is 11.6 Å². The van der Waals surface area contributed by atoms with Gasteiger partial charge in [0.05, 0.1) is 6.61 Å². The maximum Gasteiger partial charge on any atom is 0.134 e. The van der Waals surface area contributed by atoms with E-state index in [0.717, 1.165) is 22.9 Å². The van der Waals surface area contributed by atoms with Crippen molar-refractivity contribution in [3.8, 4) is 5.75 Å². The van der Waals surface area contributed by atoms with Gasteiger partial charge in [0.25, 0.3) is 0 Å². The van der Waals surface area contributed by atoms with Crippen molar-refractivity contribution in [3.63, 3.8) is 0 Å². The van der Waals surface area contributed by atoms with Crippen LogP contribution in [0.1, 0.15) is 29.2 Å². The molecule has 0 radical (unpaired) electrons. The number of halogens is 3. The molecule has 0 aliphatic carbocycles. The summed E-state index contributed by atoms with van der Waals surface area (Å²) in [4.78, 5) is 0. The van der Waals surface area contributed by atoms with E-state index in [4.69, 9.17) is 16.3 Å². The summed E-state index contributed by atoms with van der Waals surface area (Å²) >= 11 is 5.93. The molecule has 0 saturated heterocycles. The van der Waals surface area contributed by atoms with Crippen molar-refractivity contribution >= 4 is 22.4 Å². The molecular weight excluding hydrogens is 426 g/mol. The van der Waals surface area contributed by atoms with E-state index in [1.807, 2.05) is 61.5 Å². The molecule has 4 rings (SSSR count). The SMILES string of the molecule is CCOc1ccc(CCc2ccc3c(F)c(CCc4ccc(Cl)cc4)ccc3c2)c(F)c1. The Kier molecular flexibility index (Phi) is 7.06. The Morgan fingerprint density at radius 1 is 0.719 bits per heavy atom. The highest BCUT2D eigenvalue weighted by molar-refractivity contribution is 6.30. The normalized spacial score (nSPS) is 11.1. The van der Waals surface area contributed by atoms with Crippen molar-refractivity contribution in [2.24, 2.45) is 0 Å². The van der Waals surface area contributed by atoms with Gasteiger partial charge in [-0.15, -0.1) is 0 Å². The summed E-state index contributed by atoms with van der Waals surface area (Å²) in [5.41, 5.74) is 3.54. The third kappa shape index (κ3) is 5.28. The van der Waals surface area contributed by atoms with Crippen LogP contribution >= 0.6 is 11.6 Å². The van der Waals surface area contributed by atoms with Gasteiger partial charge >= 0.3 is 0 Å². The predicted molar refractivity (Wildman–Crippen MR) is 128 cm³/mol. The first-order chi connectivity index (χ1) is 15.5. The summed E-state index contributed by atoms with van der Waals surface area (Å²) in [6.07, 6.45) is 2.64. The number of hydrogen-bond acceptors (Lipinski definition) is 1. The third-order valence-corrected chi connectivity index (χ3v) is 5.97. The van der Waals surface area contributed by atoms with Crippen molar-refractivity contribution in [2.75, 3.05) is 6.61 Å². The highest BCUT2D eigenvalue weighted by Crippen LogP contribution is 2.25. The molecule has 0 unspecified atom stereocenters. The van der Waals surface area contributed by atoms with E-state index >= 15 is 4.39 Å². The van der Waals surface area contributed by atoms with Gasteiger partial charge in [0.15, 0.2) is 0 Å². The molecule has 0 aliphatic heterocycles. The summed E-state index contributed by atoms with van der Waals surface area (Å²) in [5, 5.41) is 2.18. The van der Waals surface area contributed by atoms with Crippen LogP contribution in [0.3, 0.4) is 0 Å². The largest absolute Gasteiger partial charge is 0.494 e. The van der Waals surface area contributed by atoms with Crippen LogP contribution in [0.5, 0.6) is 5.75 Å². The van der Waals surface area contributed by atoms with Crippen molar-refractivity contribution < 1.29 is 13.5 Å². The first kappa shape index (κ1) is 22.3. The van der Waals surface area contributed by atoms with Crippen LogP contribution < -0.4 is 4.74 Å². The van der Waals surface area contributed by atoms with Gasteiger partial charge in [0.2, 0.25) is 0 Å². The number of benzene rings is 4. The second-order valence-electron chi connectivity index (χ2n) is 7.91. The molecule has 0 spiro atoms. The molecular formula is C28H25ClF2O. The summed E-state index contributed by atoms with van der Waals surface area (Å²) in [5.74, 6) is 0.121. The first-order valence-electron chi connectivity index (χ1n) is 10.9. The fraction of sp³-hybridized carbons (Fsp3) is 0.214. The van der Waals surface area contributed by atoms with Gasteiger partial charge in [-0.2, -0.15) is 0 Å². The molecule has 0 fully saturated rings. The van der Waals surface area contributed by atoms with E-state index in [-0.39, 0.29) is 11.6 Å². The van der Waals surface area contributed by atoms with E-state index in [1.165, 1.54) is 6.07 Å². The summed E-state index contributed by atoms with van der Waals surface area (Å²) in [6.45, 7) is 2.38. The molecule has 164 valence electrons. The van der Waals surface area contributed by atoms with Gasteiger partial charge in [-0.1, -0.05) is 60.1 Å². The Hall–Kier alpha value is -2.91. The van der Waals surface area contributed by atoms with Gasteiger partial charge in [0.1, 0.15) is 17.4 Å². The topological polar surface area (TPSA) is 9.23 Å². The van der Waals surface area contributed by atoms with Crippen LogP contribution in [-0.4, -0.2) is 6.61 Å². The van der Waals surface area contributed by atoms with Crippen LogP contribution in [0.4, 0.5) is 8.78 Å². The number of rotatable bonds is 8. The maximum atomic E-state index is 15.1. The van der Waals surface area contributed by atoms with E-state index in [2.05, 4.69) is 0 Å². The molecule has 0 amide bonds. The fourth-order valence-electron chi connectivity index (χ4n) is 3.93. The van der Waals surface area contributed by atoms with Crippen LogP contribution in [0.15, 0.2) is 72.8 Å². The summed E-state index contributed by atoms with van der Waals surface area (Å²) < 4.78 is 34.7. The Bertz CT molecular complexity index is 1220. The predicted octanol–water partition coefficient (Wildman–Crippen LogP) is 7.74. The minimum absolute atomic E-state index is 0.166. The number of aryl methyl sites for hydroxylation is 4. The molecule has 1 nitrogen and oxygen atoms in total. The third-order valence-electron chi connectivity index (χ3n) is 5.71. The lowest BCUT2D eigenvalue weighted by Gasteiger charge is -2.10. The zero-order valence-electron chi connectivity index (χ0n) is 18.0. The molecule has 0 bridgehead atoms. The van der Waals surface area contributed by atoms with Gasteiger partial charge in [-0.3, -0.25) is 0 Å². The van der Waals surface area contributed by atoms with Gasteiger partial charge < -0.3 is 4.74 Å². The molecule has 0 saturated carbocycles. The Balaban J connectivity index is 1.45. The Labute approximate surface area is 192 Å². The van der Waals surface area contributed by atoms with Crippen molar-refractivity contribution in [2.45, 2.75) is 32.6 Å². The lowest BCUT2D eigenvalue weighted by Crippen LogP contribution is -1.98. The average Bonchev–Trinajstić information content (AvgIpc) is 2.79. The maximum absolute atomic E-state index is 15.1. The smallest absolute Gasteiger partial charge is 0.134 e. The minimum atomic E-state index is -0.256. The van der Waals surface area contributed by atoms with Crippen LogP contribution in [-0.2, 0) is 25.7 Å². The summed E-state index contributed by atoms with van der Waals surface area (Å²) in [7, 11) is 0. The Morgan fingerprint density at radius 3 is 2.16 bits per heavy atom. The average molecular weight is 451 g/mol. The molecule has 32 heavy (non-hydrogen) atoms. The highest BCUT2D eigenvalue weighted by Gasteiger charge is 2.10. The quantitative estimate of drug-likeness (QED) is 0.267. The van der Waals surface area contributed by atoms with Crippen molar-refractivity contribution in [1.29, 1.82) is 0 Å². The second-order valence-corrected chi connectivity index (χ2v) is 8.34. The molecule has 4 aromatic carbocycles. The van der Waals surface area contributed by atoms with Gasteiger partial charge in [-0.25, -0.2) is 8.78 Å². The minimum Gasteiger partial charge on any atom is -0.494 e. The molecule has 4 heteroatoms. The lowest BCUT2D eigenvalue weighted by molar-refractivity contribution is 0.338. The first-order valence-corrected chi connectivity index (χ1v) is 11.3. The number of hydrogen-bond donors (Lipinski definition) is 0. The number of fused-ring (bicyclic) bond motifs is 1. The molecule has 0 aliphatic rings. The molecule has 0 atom stereocenters. The Morgan fingerprint density at radius 2 is 1.41 bits per heavy atom. The number of ether oxygens (including phenoxy) is 1. The monoisotopic (exact) mass is 450 g/mol. The van der Waals surface area contributed by atoms with Gasteiger partial charge in [-0.05, 0) is 78.4 Å². The molecule has 0 N–H and O–H groups in total. The van der Waals surface area contributed by atoms with Gasteiger partial charge in [0, 0.05) is 16.5 Å². The van der Waals surface area contributed by atoms with E-state index in [0.29, 0.717) is 53.2 Å². The summed E-state index contributed by atoms with van der Waals surface area (Å²) in [6, 6.07) is 22.2. The molecule has 0 aromatic heterocycles. The van der Waals surface area contributed by atoms with Crippen molar-refractivity contribution in [3.05, 3.63) is 112 Å². The zero-order chi connectivity index (χ0) is 22.5. The second kappa shape index (κ2) is 10.1. The zero-order valence-corrected chi connectivity index (χ0v) is 18.8. The van der Waals surface area contributed by atoms with E-state index in [1.54, 1.807) is 12.1 Å². The highest BCUT2D eigenvalue weighted by atomic mass is 35.5. The molecule has 4 aromatic rings. The van der Waals surface area contributed by atoms with E-state index in [9.17, 15) is 4.39 Å². The van der Waals surface area contributed by atoms with E-state index < -0.39 is 0 Å². The van der Waals surface area contributed by atoms with Crippen LogP contribution in [0.2, 0.25) is 5.02 Å². The standard InChI is InChI=1S/C28H25ClF2O/c1-2-32-25-15-12-21(27(30)18-25)8-4-20-7-16-26-23(17-20)11-10-22(28(26)31)9-3-19-5-13-24(29)14-6-19/h5-7,10-18H,2-4,8-9H2,1H3. The van der Waals surface area contributed by atoms with Crippen LogP contribution in [0.25, 0.3) is 10.8 Å². The lowest BCUT2D eigenvalue weighted by atomic mass is 9.97.